The monoisotopic (exact) mass is 337 g/mol. The van der Waals surface area contributed by atoms with E-state index in [-0.39, 0.29) is 11.9 Å². The summed E-state index contributed by atoms with van der Waals surface area (Å²) in [6, 6.07) is 14.7. The fourth-order valence-corrected chi connectivity index (χ4v) is 3.73. The van der Waals surface area contributed by atoms with E-state index in [2.05, 4.69) is 0 Å². The molecule has 0 atom stereocenters. The standard InChI is InChI=1S/C20H19NO4/c1-24-15-6-4-5-14(13-15)18(22)21-11-9-20(10-12-21)17-8-3-2-7-16(17)19(23)25-20/h2-8,13H,9-12H2,1H3. The van der Waals surface area contributed by atoms with Crippen LogP contribution in [0.5, 0.6) is 5.75 Å². The van der Waals surface area contributed by atoms with Crippen molar-refractivity contribution in [2.45, 2.75) is 18.4 Å². The van der Waals surface area contributed by atoms with Crippen molar-refractivity contribution in [1.29, 1.82) is 0 Å². The van der Waals surface area contributed by atoms with Crippen LogP contribution in [-0.2, 0) is 10.3 Å². The van der Waals surface area contributed by atoms with Gasteiger partial charge in [0.05, 0.1) is 12.7 Å². The molecule has 2 aliphatic heterocycles. The highest BCUT2D eigenvalue weighted by Gasteiger charge is 2.47. The van der Waals surface area contributed by atoms with Crippen LogP contribution in [0.15, 0.2) is 48.5 Å². The molecular formula is C20H19NO4. The topological polar surface area (TPSA) is 55.8 Å². The van der Waals surface area contributed by atoms with Crippen LogP contribution in [0.4, 0.5) is 0 Å². The Morgan fingerprint density at radius 2 is 1.88 bits per heavy atom. The molecule has 0 aromatic heterocycles. The van der Waals surface area contributed by atoms with Gasteiger partial charge >= 0.3 is 5.97 Å². The Bertz CT molecular complexity index is 837. The number of likely N-dealkylation sites (tertiary alicyclic amines) is 1. The molecule has 1 spiro atoms. The number of carbonyl (C=O) groups excluding carboxylic acids is 2. The molecule has 0 saturated carbocycles. The smallest absolute Gasteiger partial charge is 0.339 e. The van der Waals surface area contributed by atoms with Crippen molar-refractivity contribution in [2.75, 3.05) is 20.2 Å². The van der Waals surface area contributed by atoms with Crippen molar-refractivity contribution in [1.82, 2.24) is 4.90 Å². The number of amides is 1. The van der Waals surface area contributed by atoms with Gasteiger partial charge in [0.25, 0.3) is 5.91 Å². The molecule has 2 aliphatic rings. The molecule has 5 nitrogen and oxygen atoms in total. The van der Waals surface area contributed by atoms with Gasteiger partial charge in [-0.3, -0.25) is 4.79 Å². The van der Waals surface area contributed by atoms with Crippen LogP contribution >= 0.6 is 0 Å². The average molecular weight is 337 g/mol. The Morgan fingerprint density at radius 1 is 1.12 bits per heavy atom. The first-order valence-electron chi connectivity index (χ1n) is 8.39. The average Bonchev–Trinajstić information content (AvgIpc) is 2.94. The van der Waals surface area contributed by atoms with E-state index in [1.165, 1.54) is 0 Å². The van der Waals surface area contributed by atoms with Gasteiger partial charge in [0.1, 0.15) is 11.4 Å². The van der Waals surface area contributed by atoms with Crippen molar-refractivity contribution in [3.8, 4) is 5.75 Å². The van der Waals surface area contributed by atoms with Crippen LogP contribution in [0.3, 0.4) is 0 Å². The lowest BCUT2D eigenvalue weighted by atomic mass is 9.83. The van der Waals surface area contributed by atoms with Gasteiger partial charge < -0.3 is 14.4 Å². The lowest BCUT2D eigenvalue weighted by Crippen LogP contribution is -2.45. The van der Waals surface area contributed by atoms with Gasteiger partial charge in [-0.05, 0) is 24.3 Å². The number of hydrogen-bond acceptors (Lipinski definition) is 4. The third-order valence-corrected chi connectivity index (χ3v) is 5.10. The summed E-state index contributed by atoms with van der Waals surface area (Å²) in [6.45, 7) is 1.11. The predicted octanol–water partition coefficient (Wildman–Crippen LogP) is 3.00. The molecule has 1 amide bonds. The third-order valence-electron chi connectivity index (χ3n) is 5.10. The van der Waals surface area contributed by atoms with Crippen molar-refractivity contribution in [2.24, 2.45) is 0 Å². The molecule has 0 aliphatic carbocycles. The van der Waals surface area contributed by atoms with Crippen LogP contribution in [0, 0.1) is 0 Å². The van der Waals surface area contributed by atoms with E-state index in [1.807, 2.05) is 35.2 Å². The first-order valence-corrected chi connectivity index (χ1v) is 8.39. The van der Waals surface area contributed by atoms with Gasteiger partial charge in [-0.1, -0.05) is 24.3 Å². The number of carbonyl (C=O) groups is 2. The zero-order chi connectivity index (χ0) is 17.4. The van der Waals surface area contributed by atoms with E-state index in [9.17, 15) is 9.59 Å². The van der Waals surface area contributed by atoms with E-state index < -0.39 is 5.60 Å². The van der Waals surface area contributed by atoms with Gasteiger partial charge in [0, 0.05) is 37.1 Å². The van der Waals surface area contributed by atoms with E-state index in [1.54, 1.807) is 25.3 Å². The van der Waals surface area contributed by atoms with Gasteiger partial charge in [0.2, 0.25) is 0 Å². The maximum atomic E-state index is 12.7. The number of ether oxygens (including phenoxy) is 2. The van der Waals surface area contributed by atoms with Gasteiger partial charge in [-0.15, -0.1) is 0 Å². The van der Waals surface area contributed by atoms with Crippen LogP contribution in [0.25, 0.3) is 0 Å². The summed E-state index contributed by atoms with van der Waals surface area (Å²) in [7, 11) is 1.58. The number of hydrogen-bond donors (Lipinski definition) is 0. The van der Waals surface area contributed by atoms with Crippen molar-refractivity contribution >= 4 is 11.9 Å². The van der Waals surface area contributed by atoms with Crippen molar-refractivity contribution in [3.63, 3.8) is 0 Å². The Balaban J connectivity index is 1.52. The molecule has 25 heavy (non-hydrogen) atoms. The largest absolute Gasteiger partial charge is 0.497 e. The van der Waals surface area contributed by atoms with E-state index in [0.29, 0.717) is 42.8 Å². The summed E-state index contributed by atoms with van der Waals surface area (Å²) < 4.78 is 10.9. The zero-order valence-corrected chi connectivity index (χ0v) is 14.0. The van der Waals surface area contributed by atoms with Crippen LogP contribution in [-0.4, -0.2) is 37.0 Å². The second-order valence-corrected chi connectivity index (χ2v) is 6.45. The maximum absolute atomic E-state index is 12.7. The highest BCUT2D eigenvalue weighted by Crippen LogP contribution is 2.44. The Hall–Kier alpha value is -2.82. The number of rotatable bonds is 2. The molecule has 0 unspecified atom stereocenters. The molecule has 5 heteroatoms. The highest BCUT2D eigenvalue weighted by molar-refractivity contribution is 5.96. The quantitative estimate of drug-likeness (QED) is 0.791. The lowest BCUT2D eigenvalue weighted by molar-refractivity contribution is -0.0389. The molecule has 128 valence electrons. The minimum Gasteiger partial charge on any atom is -0.497 e. The molecule has 1 saturated heterocycles. The first kappa shape index (κ1) is 15.7. The molecule has 2 aromatic carbocycles. The van der Waals surface area contributed by atoms with Crippen molar-refractivity contribution < 1.29 is 19.1 Å². The Morgan fingerprint density at radius 3 is 2.64 bits per heavy atom. The Kier molecular flexibility index (Phi) is 3.71. The van der Waals surface area contributed by atoms with Crippen LogP contribution < -0.4 is 4.74 Å². The third kappa shape index (κ3) is 2.56. The second kappa shape index (κ2) is 5.92. The summed E-state index contributed by atoms with van der Waals surface area (Å²) in [5.41, 5.74) is 1.63. The van der Waals surface area contributed by atoms with Gasteiger partial charge in [-0.25, -0.2) is 4.79 Å². The number of nitrogens with zero attached hydrogens (tertiary/aromatic N) is 1. The lowest BCUT2D eigenvalue weighted by Gasteiger charge is -2.38. The number of benzene rings is 2. The van der Waals surface area contributed by atoms with Gasteiger partial charge in [-0.2, -0.15) is 0 Å². The summed E-state index contributed by atoms with van der Waals surface area (Å²) >= 11 is 0. The minimum atomic E-state index is -0.584. The fourth-order valence-electron chi connectivity index (χ4n) is 3.73. The molecular weight excluding hydrogens is 318 g/mol. The van der Waals surface area contributed by atoms with E-state index >= 15 is 0 Å². The second-order valence-electron chi connectivity index (χ2n) is 6.45. The summed E-state index contributed by atoms with van der Waals surface area (Å²) in [6.07, 6.45) is 1.23. The molecule has 0 radical (unpaired) electrons. The molecule has 2 aromatic rings. The summed E-state index contributed by atoms with van der Waals surface area (Å²) in [5.74, 6) is 0.382. The van der Waals surface area contributed by atoms with Crippen LogP contribution in [0.2, 0.25) is 0 Å². The first-order chi connectivity index (χ1) is 12.1. The molecule has 1 fully saturated rings. The van der Waals surface area contributed by atoms with Crippen LogP contribution in [0.1, 0.15) is 39.1 Å². The van der Waals surface area contributed by atoms with E-state index in [4.69, 9.17) is 9.47 Å². The van der Waals surface area contributed by atoms with Crippen molar-refractivity contribution in [3.05, 3.63) is 65.2 Å². The molecule has 2 heterocycles. The SMILES string of the molecule is COc1cccc(C(=O)N2CCC3(CC2)OC(=O)c2ccccc23)c1. The summed E-state index contributed by atoms with van der Waals surface area (Å²) in [4.78, 5) is 26.7. The zero-order valence-electron chi connectivity index (χ0n) is 14.0. The molecule has 0 bridgehead atoms. The number of esters is 1. The fraction of sp³-hybridized carbons (Fsp3) is 0.300. The summed E-state index contributed by atoms with van der Waals surface area (Å²) in [5, 5.41) is 0. The number of fused-ring (bicyclic) bond motifs is 2. The number of methoxy groups -OCH3 is 1. The normalized spacial score (nSPS) is 18.0. The Labute approximate surface area is 146 Å². The van der Waals surface area contributed by atoms with Gasteiger partial charge in [0.15, 0.2) is 0 Å². The molecule has 0 N–H and O–H groups in total. The minimum absolute atomic E-state index is 0.0219. The maximum Gasteiger partial charge on any atom is 0.339 e. The highest BCUT2D eigenvalue weighted by atomic mass is 16.6. The van der Waals surface area contributed by atoms with E-state index in [0.717, 1.165) is 5.56 Å². The molecule has 4 rings (SSSR count). The number of piperidine rings is 1. The predicted molar refractivity (Wildman–Crippen MR) is 91.7 cm³/mol.